The van der Waals surface area contributed by atoms with Gasteiger partial charge in [0.25, 0.3) is 0 Å². The van der Waals surface area contributed by atoms with Crippen molar-refractivity contribution >= 4 is 58.3 Å². The molecular formula is C12H14N4S4Zn. The second kappa shape index (κ2) is 21.4. The van der Waals surface area contributed by atoms with Crippen LogP contribution < -0.4 is 11.5 Å². The average molecular weight is 408 g/mol. The summed E-state index contributed by atoms with van der Waals surface area (Å²) in [6.45, 7) is 0. The molecule has 0 saturated carbocycles. The van der Waals surface area contributed by atoms with Crippen LogP contribution in [0.15, 0.2) is 61.2 Å². The molecule has 2 aromatic rings. The Morgan fingerprint density at radius 3 is 0.905 bits per heavy atom. The zero-order valence-electron chi connectivity index (χ0n) is 11.2. The van der Waals surface area contributed by atoms with Crippen LogP contribution in [-0.2, 0) is 44.7 Å². The van der Waals surface area contributed by atoms with E-state index in [9.17, 15) is 0 Å². The Balaban J connectivity index is -0.000000208. The predicted octanol–water partition coefficient (Wildman–Crippen LogP) is 1.71. The van der Waals surface area contributed by atoms with Crippen LogP contribution in [0.5, 0.6) is 0 Å². The summed E-state index contributed by atoms with van der Waals surface area (Å²) in [5.74, 6) is 0. The van der Waals surface area contributed by atoms with Gasteiger partial charge in [-0.3, -0.25) is 9.97 Å². The van der Waals surface area contributed by atoms with Crippen LogP contribution in [0.4, 0.5) is 0 Å². The Morgan fingerprint density at radius 1 is 0.667 bits per heavy atom. The Morgan fingerprint density at radius 2 is 0.857 bits per heavy atom. The molecule has 0 spiro atoms. The Bertz CT molecular complexity index is 341. The number of pyridine rings is 2. The van der Waals surface area contributed by atoms with Crippen molar-refractivity contribution < 1.29 is 19.5 Å². The Hall–Kier alpha value is -0.857. The number of nitrogens with two attached hydrogens (primary N) is 2. The number of aromatic nitrogens is 2. The molecule has 0 saturated heterocycles. The molecule has 4 N–H and O–H groups in total. The average Bonchev–Trinajstić information content (AvgIpc) is 2.42. The molecule has 0 amide bonds. The van der Waals surface area contributed by atoms with Gasteiger partial charge in [0.1, 0.15) is 0 Å². The smallest absolute Gasteiger partial charge is 0.415 e. The molecule has 9 heteroatoms. The van der Waals surface area contributed by atoms with Gasteiger partial charge in [-0.1, -0.05) is 20.8 Å². The molecule has 21 heavy (non-hydrogen) atoms. The summed E-state index contributed by atoms with van der Waals surface area (Å²) in [6.07, 6.45) is 7.00. The van der Waals surface area contributed by atoms with Crippen molar-refractivity contribution in [2.45, 2.75) is 0 Å². The van der Waals surface area contributed by atoms with Gasteiger partial charge in [-0.25, -0.2) is 0 Å². The third-order valence-corrected chi connectivity index (χ3v) is 1.13. The van der Waals surface area contributed by atoms with E-state index in [4.69, 9.17) is 0 Å². The molecule has 0 bridgehead atoms. The molecule has 0 aliphatic rings. The van der Waals surface area contributed by atoms with Gasteiger partial charge in [0.2, 0.25) is 0 Å². The van der Waals surface area contributed by atoms with Crippen LogP contribution in [0.3, 0.4) is 0 Å². The zero-order chi connectivity index (χ0) is 15.6. The first kappa shape index (κ1) is 25.1. The van der Waals surface area contributed by atoms with Crippen LogP contribution >= 0.6 is 24.4 Å². The fourth-order valence-corrected chi connectivity index (χ4v) is 0.625. The maximum absolute atomic E-state index is 4.66. The van der Waals surface area contributed by atoms with Crippen molar-refractivity contribution in [1.82, 2.24) is 9.97 Å². The van der Waals surface area contributed by atoms with Gasteiger partial charge in [-0.15, -0.1) is 0 Å². The normalized spacial score (nSPS) is 6.86. The first-order valence-corrected chi connectivity index (χ1v) is 6.73. The monoisotopic (exact) mass is 406 g/mol. The third kappa shape index (κ3) is 45.3. The summed E-state index contributed by atoms with van der Waals surface area (Å²) in [6, 6.07) is 11.4. The molecule has 2 heterocycles. The van der Waals surface area contributed by atoms with Gasteiger partial charge < -0.3 is 61.2 Å². The second-order valence-corrected chi connectivity index (χ2v) is 4.96. The number of hydrogen-bond acceptors (Lipinski definition) is 6. The topological polar surface area (TPSA) is 77.8 Å². The molecule has 0 radical (unpaired) electrons. The largest absolute Gasteiger partial charge is 2.00 e. The minimum atomic E-state index is 0. The van der Waals surface area contributed by atoms with Crippen molar-refractivity contribution in [1.29, 1.82) is 0 Å². The minimum Gasteiger partial charge on any atom is -0.415 e. The molecule has 4 nitrogen and oxygen atoms in total. The second-order valence-electron chi connectivity index (χ2n) is 2.69. The summed E-state index contributed by atoms with van der Waals surface area (Å²) in [5.41, 5.74) is 9.31. The van der Waals surface area contributed by atoms with Crippen molar-refractivity contribution in [3.63, 3.8) is 0 Å². The van der Waals surface area contributed by atoms with Crippen molar-refractivity contribution in [2.24, 2.45) is 11.5 Å². The summed E-state index contributed by atoms with van der Waals surface area (Å²) >= 11 is 16.5. The molecule has 0 atom stereocenters. The van der Waals surface area contributed by atoms with Gasteiger partial charge in [0.15, 0.2) is 0 Å². The van der Waals surface area contributed by atoms with E-state index in [1.807, 2.05) is 36.4 Å². The SMILES string of the molecule is NC(=S)[S-].NC(=S)[S-].[Zn+2].c1ccncc1.c1ccncc1. The van der Waals surface area contributed by atoms with E-state index in [0.29, 0.717) is 0 Å². The van der Waals surface area contributed by atoms with Gasteiger partial charge in [-0.05, 0) is 24.3 Å². The summed E-state index contributed by atoms with van der Waals surface area (Å²) in [5, 5.41) is 0. The third-order valence-electron chi connectivity index (χ3n) is 1.13. The zero-order valence-corrected chi connectivity index (χ0v) is 17.4. The Labute approximate surface area is 159 Å². The molecule has 0 unspecified atom stereocenters. The number of rotatable bonds is 0. The van der Waals surface area contributed by atoms with Gasteiger partial charge in [-0.2, -0.15) is 0 Å². The van der Waals surface area contributed by atoms with Crippen LogP contribution in [-0.4, -0.2) is 18.6 Å². The molecule has 0 aromatic carbocycles. The predicted molar refractivity (Wildman–Crippen MR) is 96.8 cm³/mol. The first-order chi connectivity index (χ1) is 9.46. The Kier molecular flexibility index (Phi) is 25.6. The van der Waals surface area contributed by atoms with E-state index in [-0.39, 0.29) is 28.1 Å². The first-order valence-electron chi connectivity index (χ1n) is 5.09. The van der Waals surface area contributed by atoms with E-state index in [1.54, 1.807) is 24.8 Å². The molecule has 2 aromatic heterocycles. The maximum Gasteiger partial charge on any atom is 2.00 e. The fraction of sp³-hybridized carbons (Fsp3) is 0. The minimum absolute atomic E-state index is 0. The molecule has 2 rings (SSSR count). The van der Waals surface area contributed by atoms with Crippen LogP contribution in [0.1, 0.15) is 0 Å². The van der Waals surface area contributed by atoms with E-state index in [2.05, 4.69) is 71.1 Å². The molecular weight excluding hydrogens is 394 g/mol. The number of hydrogen-bond donors (Lipinski definition) is 2. The van der Waals surface area contributed by atoms with Gasteiger partial charge >= 0.3 is 19.5 Å². The van der Waals surface area contributed by atoms with E-state index >= 15 is 0 Å². The van der Waals surface area contributed by atoms with Crippen molar-refractivity contribution in [3.8, 4) is 0 Å². The fourth-order valence-electron chi connectivity index (χ4n) is 0.625. The van der Waals surface area contributed by atoms with Crippen molar-refractivity contribution in [2.75, 3.05) is 0 Å². The van der Waals surface area contributed by atoms with Crippen molar-refractivity contribution in [3.05, 3.63) is 61.2 Å². The van der Waals surface area contributed by atoms with Crippen LogP contribution in [0.25, 0.3) is 0 Å². The standard InChI is InChI=1S/2C5H5N.2CH3NS2.Zn/c2*1-2-4-6-5-3-1;2*2-1(3)4;/h2*1-5H;2*(H3,2,3,4);/q;;;;+2/p-2. The maximum atomic E-state index is 4.66. The summed E-state index contributed by atoms with van der Waals surface area (Å²) in [7, 11) is 0. The van der Waals surface area contributed by atoms with E-state index in [0.717, 1.165) is 0 Å². The number of nitrogens with zero attached hydrogens (tertiary/aromatic N) is 2. The molecule has 108 valence electrons. The molecule has 0 aliphatic heterocycles. The quantitative estimate of drug-likeness (QED) is 0.388. The van der Waals surface area contributed by atoms with Crippen LogP contribution in [0, 0.1) is 0 Å². The molecule has 0 aliphatic carbocycles. The van der Waals surface area contributed by atoms with Gasteiger partial charge in [0.05, 0.1) is 0 Å². The van der Waals surface area contributed by atoms with E-state index in [1.165, 1.54) is 0 Å². The number of thiocarbonyl (C=S) groups is 2. The summed E-state index contributed by atoms with van der Waals surface area (Å²) in [4.78, 5) is 7.57. The van der Waals surface area contributed by atoms with E-state index < -0.39 is 0 Å². The molecule has 0 fully saturated rings. The van der Waals surface area contributed by atoms with Crippen LogP contribution in [0.2, 0.25) is 0 Å². The summed E-state index contributed by atoms with van der Waals surface area (Å²) < 4.78 is 0.167. The van der Waals surface area contributed by atoms with Gasteiger partial charge in [0, 0.05) is 24.8 Å².